The first-order valence-electron chi connectivity index (χ1n) is 15.2. The SMILES string of the molecule is CCCCCCCCCCCCCC(=O)N[C@H](CC(N)=O)C(=O)N[C@@H](C)CCC(=O)CC(=O)NC1(C(C)=O)CC1. The fourth-order valence-electron chi connectivity index (χ4n) is 4.69. The van der Waals surface area contributed by atoms with E-state index in [1.165, 1.54) is 51.9 Å². The van der Waals surface area contributed by atoms with Gasteiger partial charge in [-0.05, 0) is 39.5 Å². The first-order valence-corrected chi connectivity index (χ1v) is 15.2. The summed E-state index contributed by atoms with van der Waals surface area (Å²) in [5.41, 5.74) is 4.49. The van der Waals surface area contributed by atoms with Crippen molar-refractivity contribution in [1.82, 2.24) is 16.0 Å². The van der Waals surface area contributed by atoms with E-state index < -0.39 is 35.3 Å². The smallest absolute Gasteiger partial charge is 0.243 e. The summed E-state index contributed by atoms with van der Waals surface area (Å²) in [7, 11) is 0. The van der Waals surface area contributed by atoms with Crippen molar-refractivity contribution >= 4 is 35.2 Å². The third-order valence-electron chi connectivity index (χ3n) is 7.47. The van der Waals surface area contributed by atoms with Crippen LogP contribution in [0, 0.1) is 0 Å². The molecule has 0 unspecified atom stereocenters. The molecular formula is C30H52N4O6. The third kappa shape index (κ3) is 15.7. The number of hydrogen-bond donors (Lipinski definition) is 4. The van der Waals surface area contributed by atoms with E-state index in [0.717, 1.165) is 19.3 Å². The molecule has 0 spiro atoms. The number of carbonyl (C=O) groups excluding carboxylic acids is 6. The predicted octanol–water partition coefficient (Wildman–Crippen LogP) is 3.53. The number of carbonyl (C=O) groups is 6. The van der Waals surface area contributed by atoms with Gasteiger partial charge in [0.05, 0.1) is 18.4 Å². The molecule has 4 amide bonds. The van der Waals surface area contributed by atoms with Gasteiger partial charge in [-0.2, -0.15) is 0 Å². The quantitative estimate of drug-likeness (QED) is 0.103. The number of rotatable bonds is 24. The number of Topliss-reactive ketones (excluding diaryl/α,β-unsaturated/α-hetero) is 2. The average Bonchev–Trinajstić information content (AvgIpc) is 3.66. The summed E-state index contributed by atoms with van der Waals surface area (Å²) in [5, 5.41) is 7.98. The van der Waals surface area contributed by atoms with Gasteiger partial charge in [-0.1, -0.05) is 71.1 Å². The van der Waals surface area contributed by atoms with Gasteiger partial charge in [0, 0.05) is 18.9 Å². The van der Waals surface area contributed by atoms with Crippen molar-refractivity contribution in [3.63, 3.8) is 0 Å². The Hall–Kier alpha value is -2.78. The van der Waals surface area contributed by atoms with Gasteiger partial charge in [-0.25, -0.2) is 0 Å². The second kappa shape index (κ2) is 19.3. The van der Waals surface area contributed by atoms with Crippen molar-refractivity contribution in [3.05, 3.63) is 0 Å². The van der Waals surface area contributed by atoms with Gasteiger partial charge in [0.1, 0.15) is 11.8 Å². The maximum atomic E-state index is 12.7. The number of nitrogens with one attached hydrogen (secondary N) is 3. The van der Waals surface area contributed by atoms with Gasteiger partial charge >= 0.3 is 0 Å². The number of nitrogens with two attached hydrogens (primary N) is 1. The minimum atomic E-state index is -1.08. The fraction of sp³-hybridized carbons (Fsp3) is 0.800. The molecule has 1 rings (SSSR count). The lowest BCUT2D eigenvalue weighted by molar-refractivity contribution is -0.132. The molecule has 10 nitrogen and oxygen atoms in total. The van der Waals surface area contributed by atoms with Gasteiger partial charge in [0.25, 0.3) is 0 Å². The van der Waals surface area contributed by atoms with Gasteiger partial charge in [-0.3, -0.25) is 28.8 Å². The van der Waals surface area contributed by atoms with Crippen LogP contribution in [-0.2, 0) is 28.8 Å². The van der Waals surface area contributed by atoms with Crippen LogP contribution in [0.5, 0.6) is 0 Å². The Balaban J connectivity index is 2.29. The van der Waals surface area contributed by atoms with Crippen LogP contribution in [0.4, 0.5) is 0 Å². The number of primary amides is 1. The maximum absolute atomic E-state index is 12.7. The normalized spacial score (nSPS) is 15.0. The topological polar surface area (TPSA) is 165 Å². The van der Waals surface area contributed by atoms with E-state index >= 15 is 0 Å². The molecular weight excluding hydrogens is 512 g/mol. The van der Waals surface area contributed by atoms with Gasteiger partial charge in [-0.15, -0.1) is 0 Å². The Bertz CT molecular complexity index is 855. The van der Waals surface area contributed by atoms with Crippen LogP contribution in [0.15, 0.2) is 0 Å². The zero-order chi connectivity index (χ0) is 30.0. The monoisotopic (exact) mass is 564 g/mol. The van der Waals surface area contributed by atoms with E-state index in [1.807, 2.05) is 0 Å². The molecule has 0 radical (unpaired) electrons. The molecule has 0 bridgehead atoms. The minimum absolute atomic E-state index is 0.0631. The van der Waals surface area contributed by atoms with Crippen LogP contribution in [0.3, 0.4) is 0 Å². The molecule has 1 aliphatic rings. The van der Waals surface area contributed by atoms with E-state index in [2.05, 4.69) is 22.9 Å². The molecule has 228 valence electrons. The van der Waals surface area contributed by atoms with E-state index in [0.29, 0.717) is 19.3 Å². The Kier molecular flexibility index (Phi) is 17.0. The summed E-state index contributed by atoms with van der Waals surface area (Å²) < 4.78 is 0. The standard InChI is InChI=1S/C30H52N4O6/c1-4-5-6-7-8-9-10-11-12-13-14-15-27(38)33-25(21-26(31)37)29(40)32-22(2)16-17-24(36)20-28(39)34-30(18-19-30)23(3)35/h22,25H,4-21H2,1-3H3,(H2,31,37)(H,32,40)(H,33,38)(H,34,39)/t22-,25+/m0/s1. The number of hydrogen-bond acceptors (Lipinski definition) is 6. The minimum Gasteiger partial charge on any atom is -0.370 e. The lowest BCUT2D eigenvalue weighted by Gasteiger charge is -2.20. The predicted molar refractivity (Wildman–Crippen MR) is 154 cm³/mol. The zero-order valence-electron chi connectivity index (χ0n) is 24.9. The second-order valence-electron chi connectivity index (χ2n) is 11.4. The van der Waals surface area contributed by atoms with Crippen molar-refractivity contribution < 1.29 is 28.8 Å². The average molecular weight is 565 g/mol. The molecule has 2 atom stereocenters. The Morgan fingerprint density at radius 3 is 1.82 bits per heavy atom. The van der Waals surface area contributed by atoms with E-state index in [4.69, 9.17) is 5.73 Å². The third-order valence-corrected chi connectivity index (χ3v) is 7.47. The Morgan fingerprint density at radius 2 is 1.32 bits per heavy atom. The number of unbranched alkanes of at least 4 members (excludes halogenated alkanes) is 10. The Morgan fingerprint density at radius 1 is 0.775 bits per heavy atom. The molecule has 1 aliphatic carbocycles. The molecule has 0 aliphatic heterocycles. The van der Waals surface area contributed by atoms with Crippen LogP contribution >= 0.6 is 0 Å². The van der Waals surface area contributed by atoms with Crippen LogP contribution in [-0.4, -0.2) is 52.8 Å². The van der Waals surface area contributed by atoms with Crippen LogP contribution in [0.25, 0.3) is 0 Å². The molecule has 1 fully saturated rings. The van der Waals surface area contributed by atoms with Crippen LogP contribution in [0.2, 0.25) is 0 Å². The number of ketones is 2. The van der Waals surface area contributed by atoms with Crippen LogP contribution in [0.1, 0.15) is 136 Å². The highest BCUT2D eigenvalue weighted by atomic mass is 16.2. The first kappa shape index (κ1) is 35.2. The van der Waals surface area contributed by atoms with E-state index in [9.17, 15) is 28.8 Å². The molecule has 10 heteroatoms. The summed E-state index contributed by atoms with van der Waals surface area (Å²) in [6.07, 6.45) is 14.0. The molecule has 0 saturated heterocycles. The molecule has 0 aromatic carbocycles. The van der Waals surface area contributed by atoms with Gasteiger partial charge in [0.15, 0.2) is 5.78 Å². The zero-order valence-corrected chi connectivity index (χ0v) is 24.9. The summed E-state index contributed by atoms with van der Waals surface area (Å²) >= 11 is 0. The van der Waals surface area contributed by atoms with E-state index in [1.54, 1.807) is 6.92 Å². The van der Waals surface area contributed by atoms with Crippen molar-refractivity contribution in [3.8, 4) is 0 Å². The number of amides is 4. The van der Waals surface area contributed by atoms with Crippen LogP contribution < -0.4 is 21.7 Å². The lowest BCUT2D eigenvalue weighted by Crippen LogP contribution is -2.50. The molecule has 0 aromatic rings. The second-order valence-corrected chi connectivity index (χ2v) is 11.4. The van der Waals surface area contributed by atoms with Crippen molar-refractivity contribution in [2.45, 2.75) is 154 Å². The summed E-state index contributed by atoms with van der Waals surface area (Å²) in [5.74, 6) is -2.43. The molecule has 1 saturated carbocycles. The van der Waals surface area contributed by atoms with Crippen molar-refractivity contribution in [2.75, 3.05) is 0 Å². The summed E-state index contributed by atoms with van der Waals surface area (Å²) in [4.78, 5) is 72.5. The largest absolute Gasteiger partial charge is 0.370 e. The summed E-state index contributed by atoms with van der Waals surface area (Å²) in [6.45, 7) is 5.34. The van der Waals surface area contributed by atoms with Gasteiger partial charge in [0.2, 0.25) is 23.6 Å². The fourth-order valence-corrected chi connectivity index (χ4v) is 4.69. The highest BCUT2D eigenvalue weighted by molar-refractivity contribution is 6.01. The molecule has 0 aromatic heterocycles. The highest BCUT2D eigenvalue weighted by Crippen LogP contribution is 2.36. The first-order chi connectivity index (χ1) is 19.0. The molecule has 40 heavy (non-hydrogen) atoms. The maximum Gasteiger partial charge on any atom is 0.243 e. The van der Waals surface area contributed by atoms with Crippen molar-refractivity contribution in [1.29, 1.82) is 0 Å². The Labute approximate surface area is 239 Å². The molecule has 5 N–H and O–H groups in total. The summed E-state index contributed by atoms with van der Waals surface area (Å²) in [6, 6.07) is -1.51. The van der Waals surface area contributed by atoms with E-state index in [-0.39, 0.29) is 49.6 Å². The molecule has 0 heterocycles. The lowest BCUT2D eigenvalue weighted by atomic mass is 10.0. The highest BCUT2D eigenvalue weighted by Gasteiger charge is 2.48. The van der Waals surface area contributed by atoms with Gasteiger partial charge < -0.3 is 21.7 Å². The van der Waals surface area contributed by atoms with Crippen molar-refractivity contribution in [2.24, 2.45) is 5.73 Å².